The molecular weight excluding hydrogens is 281 g/mol. The molecule has 20 heavy (non-hydrogen) atoms. The quantitative estimate of drug-likeness (QED) is 0.806. The molecule has 2 aromatic rings. The highest BCUT2D eigenvalue weighted by atomic mass is 35.5. The standard InChI is InChI=1S/C15H9ClFNO2/c16-14-3-1-2-11(8-19)15(14)20-9-12-6-13(17)5-4-10(12)7-18/h1-6,8H,9H2. The summed E-state index contributed by atoms with van der Waals surface area (Å²) in [6.07, 6.45) is 0.623. The number of carbonyl (C=O) groups is 1. The monoisotopic (exact) mass is 289 g/mol. The van der Waals surface area contributed by atoms with Crippen molar-refractivity contribution in [1.82, 2.24) is 0 Å². The maximum absolute atomic E-state index is 13.2. The number of ether oxygens (including phenoxy) is 1. The lowest BCUT2D eigenvalue weighted by Crippen LogP contribution is -2.01. The molecule has 0 unspecified atom stereocenters. The van der Waals surface area contributed by atoms with Crippen molar-refractivity contribution < 1.29 is 13.9 Å². The van der Waals surface area contributed by atoms with E-state index in [0.717, 1.165) is 0 Å². The van der Waals surface area contributed by atoms with Crippen LogP contribution in [0, 0.1) is 17.1 Å². The van der Waals surface area contributed by atoms with Crippen molar-refractivity contribution in [3.63, 3.8) is 0 Å². The molecule has 0 aliphatic rings. The average molecular weight is 290 g/mol. The van der Waals surface area contributed by atoms with E-state index in [4.69, 9.17) is 21.6 Å². The molecule has 0 saturated heterocycles. The average Bonchev–Trinajstić information content (AvgIpc) is 2.46. The number of hydrogen-bond donors (Lipinski definition) is 0. The third-order valence-corrected chi connectivity index (χ3v) is 2.98. The van der Waals surface area contributed by atoms with Crippen LogP contribution in [0.3, 0.4) is 0 Å². The predicted octanol–water partition coefficient (Wildman–Crippen LogP) is 3.74. The van der Waals surface area contributed by atoms with E-state index in [0.29, 0.717) is 23.0 Å². The third-order valence-electron chi connectivity index (χ3n) is 2.68. The van der Waals surface area contributed by atoms with Crippen LogP contribution in [-0.2, 0) is 6.61 Å². The minimum atomic E-state index is -0.461. The first-order valence-electron chi connectivity index (χ1n) is 5.70. The van der Waals surface area contributed by atoms with Crippen LogP contribution in [0.25, 0.3) is 0 Å². The van der Waals surface area contributed by atoms with Gasteiger partial charge in [0.1, 0.15) is 18.2 Å². The van der Waals surface area contributed by atoms with Crippen molar-refractivity contribution in [3.05, 3.63) is 63.9 Å². The highest BCUT2D eigenvalue weighted by molar-refractivity contribution is 6.32. The van der Waals surface area contributed by atoms with Crippen LogP contribution in [0.4, 0.5) is 4.39 Å². The normalized spacial score (nSPS) is 9.85. The van der Waals surface area contributed by atoms with E-state index in [9.17, 15) is 9.18 Å². The molecule has 0 saturated carbocycles. The summed E-state index contributed by atoms with van der Waals surface area (Å²) in [6, 6.07) is 10.5. The summed E-state index contributed by atoms with van der Waals surface area (Å²) in [6.45, 7) is -0.0504. The number of carbonyl (C=O) groups excluding carboxylic acids is 1. The Hall–Kier alpha value is -2.38. The molecule has 100 valence electrons. The molecule has 0 bridgehead atoms. The van der Waals surface area contributed by atoms with E-state index in [1.165, 1.54) is 18.2 Å². The molecule has 0 radical (unpaired) electrons. The summed E-state index contributed by atoms with van der Waals surface area (Å²) in [5, 5.41) is 9.23. The Morgan fingerprint density at radius 1 is 1.35 bits per heavy atom. The number of benzene rings is 2. The van der Waals surface area contributed by atoms with Gasteiger partial charge in [-0.2, -0.15) is 5.26 Å². The fraction of sp³-hybridized carbons (Fsp3) is 0.0667. The number of aldehydes is 1. The molecule has 3 nitrogen and oxygen atoms in total. The molecule has 2 aromatic carbocycles. The zero-order valence-corrected chi connectivity index (χ0v) is 11.0. The maximum Gasteiger partial charge on any atom is 0.153 e. The summed E-state index contributed by atoms with van der Waals surface area (Å²) in [5.74, 6) is -0.241. The van der Waals surface area contributed by atoms with Crippen molar-refractivity contribution in [3.8, 4) is 11.8 Å². The number of rotatable bonds is 4. The summed E-state index contributed by atoms with van der Waals surface area (Å²) in [4.78, 5) is 10.9. The molecular formula is C15H9ClFNO2. The second kappa shape index (κ2) is 6.18. The lowest BCUT2D eigenvalue weighted by molar-refractivity contribution is 0.111. The van der Waals surface area contributed by atoms with E-state index in [-0.39, 0.29) is 17.4 Å². The van der Waals surface area contributed by atoms with E-state index >= 15 is 0 Å². The van der Waals surface area contributed by atoms with Crippen LogP contribution in [0.2, 0.25) is 5.02 Å². The molecule has 0 aliphatic heterocycles. The molecule has 0 aliphatic carbocycles. The van der Waals surface area contributed by atoms with Crippen LogP contribution >= 0.6 is 11.6 Å². The van der Waals surface area contributed by atoms with Crippen LogP contribution in [0.1, 0.15) is 21.5 Å². The van der Waals surface area contributed by atoms with Crippen molar-refractivity contribution in [1.29, 1.82) is 5.26 Å². The highest BCUT2D eigenvalue weighted by Crippen LogP contribution is 2.28. The fourth-order valence-corrected chi connectivity index (χ4v) is 1.95. The number of halogens is 2. The van der Waals surface area contributed by atoms with Gasteiger partial charge < -0.3 is 4.74 Å². The molecule has 0 atom stereocenters. The Labute approximate surface area is 120 Å². The zero-order chi connectivity index (χ0) is 14.5. The second-order valence-electron chi connectivity index (χ2n) is 3.98. The van der Waals surface area contributed by atoms with Gasteiger partial charge in [0.25, 0.3) is 0 Å². The first kappa shape index (κ1) is 14.0. The summed E-state index contributed by atoms with van der Waals surface area (Å²) >= 11 is 5.96. The second-order valence-corrected chi connectivity index (χ2v) is 4.39. The first-order valence-corrected chi connectivity index (χ1v) is 6.08. The third kappa shape index (κ3) is 2.95. The van der Waals surface area contributed by atoms with Gasteiger partial charge in [-0.3, -0.25) is 4.79 Å². The van der Waals surface area contributed by atoms with E-state index < -0.39 is 5.82 Å². The number of nitriles is 1. The topological polar surface area (TPSA) is 50.1 Å². The molecule has 5 heteroatoms. The maximum atomic E-state index is 13.2. The van der Waals surface area contributed by atoms with Crippen molar-refractivity contribution in [2.75, 3.05) is 0 Å². The number of hydrogen-bond acceptors (Lipinski definition) is 3. The largest absolute Gasteiger partial charge is 0.487 e. The van der Waals surface area contributed by atoms with Crippen molar-refractivity contribution >= 4 is 17.9 Å². The van der Waals surface area contributed by atoms with Gasteiger partial charge in [-0.15, -0.1) is 0 Å². The molecule has 0 heterocycles. The van der Waals surface area contributed by atoms with Gasteiger partial charge in [-0.25, -0.2) is 4.39 Å². The summed E-state index contributed by atoms with van der Waals surface area (Å²) in [7, 11) is 0. The van der Waals surface area contributed by atoms with E-state index in [1.54, 1.807) is 18.2 Å². The molecule has 0 fully saturated rings. The van der Waals surface area contributed by atoms with Gasteiger partial charge in [0.05, 0.1) is 22.2 Å². The van der Waals surface area contributed by atoms with Gasteiger partial charge in [0, 0.05) is 5.56 Å². The van der Waals surface area contributed by atoms with Crippen LogP contribution in [0.15, 0.2) is 36.4 Å². The van der Waals surface area contributed by atoms with Crippen LogP contribution in [0.5, 0.6) is 5.75 Å². The Morgan fingerprint density at radius 3 is 2.85 bits per heavy atom. The smallest absolute Gasteiger partial charge is 0.153 e. The van der Waals surface area contributed by atoms with E-state index in [2.05, 4.69) is 0 Å². The Bertz CT molecular complexity index is 695. The molecule has 0 N–H and O–H groups in total. The minimum Gasteiger partial charge on any atom is -0.487 e. The van der Waals surface area contributed by atoms with Gasteiger partial charge in [-0.05, 0) is 30.3 Å². The minimum absolute atomic E-state index is 0.0504. The first-order chi connectivity index (χ1) is 9.65. The molecule has 0 amide bonds. The molecule has 0 aromatic heterocycles. The highest BCUT2D eigenvalue weighted by Gasteiger charge is 2.10. The lowest BCUT2D eigenvalue weighted by Gasteiger charge is -2.11. The Morgan fingerprint density at radius 2 is 2.15 bits per heavy atom. The number of nitrogens with zero attached hydrogens (tertiary/aromatic N) is 1. The van der Waals surface area contributed by atoms with Gasteiger partial charge in [-0.1, -0.05) is 17.7 Å². The van der Waals surface area contributed by atoms with Gasteiger partial charge >= 0.3 is 0 Å². The van der Waals surface area contributed by atoms with Crippen LogP contribution < -0.4 is 4.74 Å². The van der Waals surface area contributed by atoms with Gasteiger partial charge in [0.2, 0.25) is 0 Å². The van der Waals surface area contributed by atoms with Crippen LogP contribution in [-0.4, -0.2) is 6.29 Å². The zero-order valence-electron chi connectivity index (χ0n) is 10.3. The predicted molar refractivity (Wildman–Crippen MR) is 72.3 cm³/mol. The summed E-state index contributed by atoms with van der Waals surface area (Å²) < 4.78 is 18.6. The SMILES string of the molecule is N#Cc1ccc(F)cc1COc1c(Cl)cccc1C=O. The van der Waals surface area contributed by atoms with Crippen molar-refractivity contribution in [2.24, 2.45) is 0 Å². The fourth-order valence-electron chi connectivity index (χ4n) is 1.71. The summed E-state index contributed by atoms with van der Waals surface area (Å²) in [5.41, 5.74) is 1.00. The number of para-hydroxylation sites is 1. The molecule has 0 spiro atoms. The van der Waals surface area contributed by atoms with Crippen molar-refractivity contribution in [2.45, 2.75) is 6.61 Å². The molecule has 2 rings (SSSR count). The Balaban J connectivity index is 2.28. The van der Waals surface area contributed by atoms with Gasteiger partial charge in [0.15, 0.2) is 6.29 Å². The van der Waals surface area contributed by atoms with E-state index in [1.807, 2.05) is 6.07 Å². The Kier molecular flexibility index (Phi) is 4.34. The lowest BCUT2D eigenvalue weighted by atomic mass is 10.1.